The average molecular weight is 329 g/mol. The third-order valence-corrected chi connectivity index (χ3v) is 6.86. The SMILES string of the molecule is CC(=O)O[C@H]1CC[C@H]2[C@H]3Cc4ccc(O)c5c4[C@@]2(CCN3C)[C@@H]1O5. The smallest absolute Gasteiger partial charge is 0.303 e. The second kappa shape index (κ2) is 4.66. The second-order valence-electron chi connectivity index (χ2n) is 7.86. The molecule has 2 bridgehead atoms. The van der Waals surface area contributed by atoms with Crippen LogP contribution in [0.1, 0.15) is 37.3 Å². The summed E-state index contributed by atoms with van der Waals surface area (Å²) in [6.45, 7) is 2.48. The lowest BCUT2D eigenvalue weighted by atomic mass is 9.51. The van der Waals surface area contributed by atoms with Gasteiger partial charge < -0.3 is 19.5 Å². The molecule has 24 heavy (non-hydrogen) atoms. The summed E-state index contributed by atoms with van der Waals surface area (Å²) in [5.74, 6) is 1.11. The molecule has 1 saturated carbocycles. The third-order valence-electron chi connectivity index (χ3n) is 6.86. The molecule has 2 heterocycles. The van der Waals surface area contributed by atoms with Crippen LogP contribution in [0.5, 0.6) is 11.5 Å². The topological polar surface area (TPSA) is 59.0 Å². The summed E-state index contributed by atoms with van der Waals surface area (Å²) in [6, 6.07) is 4.31. The van der Waals surface area contributed by atoms with Crippen molar-refractivity contribution in [1.82, 2.24) is 4.90 Å². The summed E-state index contributed by atoms with van der Waals surface area (Å²) in [7, 11) is 2.22. The lowest BCUT2D eigenvalue weighted by Crippen LogP contribution is -2.66. The molecule has 1 N–H and O–H groups in total. The van der Waals surface area contributed by atoms with Gasteiger partial charge in [0.25, 0.3) is 0 Å². The van der Waals surface area contributed by atoms with Crippen LogP contribution in [0.2, 0.25) is 0 Å². The molecule has 1 spiro atoms. The van der Waals surface area contributed by atoms with Crippen LogP contribution in [-0.2, 0) is 21.4 Å². The van der Waals surface area contributed by atoms with Gasteiger partial charge >= 0.3 is 5.97 Å². The Labute approximate surface area is 141 Å². The van der Waals surface area contributed by atoms with Crippen molar-refractivity contribution in [2.75, 3.05) is 13.6 Å². The van der Waals surface area contributed by atoms with Crippen LogP contribution >= 0.6 is 0 Å². The van der Waals surface area contributed by atoms with Crippen molar-refractivity contribution < 1.29 is 19.4 Å². The number of ether oxygens (including phenoxy) is 2. The van der Waals surface area contributed by atoms with E-state index in [0.29, 0.717) is 17.7 Å². The number of hydrogen-bond donors (Lipinski definition) is 1. The Bertz CT molecular complexity index is 732. The zero-order valence-corrected chi connectivity index (χ0v) is 14.1. The largest absolute Gasteiger partial charge is 0.504 e. The number of rotatable bonds is 1. The Morgan fingerprint density at radius 1 is 1.42 bits per heavy atom. The van der Waals surface area contributed by atoms with E-state index in [1.165, 1.54) is 18.1 Å². The molecular formula is C19H23NO4. The summed E-state index contributed by atoms with van der Waals surface area (Å²) < 4.78 is 12.0. The van der Waals surface area contributed by atoms with Crippen LogP contribution in [0.3, 0.4) is 0 Å². The summed E-state index contributed by atoms with van der Waals surface area (Å²) >= 11 is 0. The second-order valence-corrected chi connectivity index (χ2v) is 7.86. The maximum absolute atomic E-state index is 11.6. The maximum Gasteiger partial charge on any atom is 0.303 e. The van der Waals surface area contributed by atoms with Crippen molar-refractivity contribution in [3.05, 3.63) is 23.3 Å². The number of aromatic hydroxyl groups is 1. The molecule has 128 valence electrons. The van der Waals surface area contributed by atoms with Crippen LogP contribution in [0, 0.1) is 5.92 Å². The average Bonchev–Trinajstić information content (AvgIpc) is 2.89. The molecule has 1 aromatic carbocycles. The number of hydrogen-bond acceptors (Lipinski definition) is 5. The molecule has 1 aromatic rings. The standard InChI is InChI=1S/C19H23NO4/c1-10(21)23-15-6-4-12-13-9-11-3-5-14(22)17-16(11)19(12,18(15)24-17)7-8-20(13)2/h3,5,12-13,15,18,22H,4,6-9H2,1-2H3/t12-,13+,15-,18+,19-/m0/s1. The number of benzene rings is 1. The molecule has 2 aliphatic carbocycles. The van der Waals surface area contributed by atoms with E-state index >= 15 is 0 Å². The Hall–Kier alpha value is -1.75. The van der Waals surface area contributed by atoms with E-state index in [-0.39, 0.29) is 29.3 Å². The third kappa shape index (κ3) is 1.61. The van der Waals surface area contributed by atoms with Gasteiger partial charge in [0, 0.05) is 23.9 Å². The predicted molar refractivity (Wildman–Crippen MR) is 87.2 cm³/mol. The number of carbonyl (C=O) groups excluding carboxylic acids is 1. The lowest BCUT2D eigenvalue weighted by Gasteiger charge is -2.58. The first-order valence-electron chi connectivity index (χ1n) is 8.92. The summed E-state index contributed by atoms with van der Waals surface area (Å²) in [4.78, 5) is 14.1. The molecule has 0 aromatic heterocycles. The van der Waals surface area contributed by atoms with Gasteiger partial charge in [-0.2, -0.15) is 0 Å². The number of nitrogens with zero attached hydrogens (tertiary/aromatic N) is 1. The van der Waals surface area contributed by atoms with Crippen LogP contribution in [0.4, 0.5) is 0 Å². The van der Waals surface area contributed by atoms with E-state index in [4.69, 9.17) is 9.47 Å². The molecule has 5 nitrogen and oxygen atoms in total. The molecular weight excluding hydrogens is 306 g/mol. The van der Waals surface area contributed by atoms with Gasteiger partial charge in [-0.05, 0) is 56.8 Å². The minimum atomic E-state index is -0.251. The van der Waals surface area contributed by atoms with Gasteiger partial charge in [0.2, 0.25) is 0 Å². The van der Waals surface area contributed by atoms with Gasteiger partial charge in [-0.1, -0.05) is 6.07 Å². The highest BCUT2D eigenvalue weighted by atomic mass is 16.6. The molecule has 0 radical (unpaired) electrons. The normalized spacial score (nSPS) is 39.1. The Morgan fingerprint density at radius 3 is 3.04 bits per heavy atom. The zero-order valence-electron chi connectivity index (χ0n) is 14.1. The van der Waals surface area contributed by atoms with Crippen LogP contribution in [-0.4, -0.2) is 47.8 Å². The first-order chi connectivity index (χ1) is 11.5. The van der Waals surface area contributed by atoms with Crippen molar-refractivity contribution in [3.8, 4) is 11.5 Å². The quantitative estimate of drug-likeness (QED) is 0.799. The Kier molecular flexibility index (Phi) is 2.83. The fraction of sp³-hybridized carbons (Fsp3) is 0.632. The number of likely N-dealkylation sites (N-methyl/N-ethyl adjacent to an activating group) is 1. The fourth-order valence-electron chi connectivity index (χ4n) is 6.02. The van der Waals surface area contributed by atoms with Crippen molar-refractivity contribution in [1.29, 1.82) is 0 Å². The Morgan fingerprint density at radius 2 is 2.25 bits per heavy atom. The zero-order chi connectivity index (χ0) is 16.6. The van der Waals surface area contributed by atoms with E-state index < -0.39 is 0 Å². The molecule has 1 saturated heterocycles. The fourth-order valence-corrected chi connectivity index (χ4v) is 6.02. The number of esters is 1. The highest BCUT2D eigenvalue weighted by Gasteiger charge is 2.66. The molecule has 4 aliphatic rings. The van der Waals surface area contributed by atoms with E-state index in [0.717, 1.165) is 32.2 Å². The first-order valence-corrected chi connectivity index (χ1v) is 8.92. The number of phenols is 1. The van der Waals surface area contributed by atoms with Gasteiger partial charge in [0.1, 0.15) is 12.2 Å². The number of likely N-dealkylation sites (tertiary alicyclic amines) is 1. The Balaban J connectivity index is 1.71. The highest BCUT2D eigenvalue weighted by molar-refractivity contribution is 5.67. The lowest BCUT2D eigenvalue weighted by molar-refractivity contribution is -0.163. The van der Waals surface area contributed by atoms with E-state index in [1.807, 2.05) is 0 Å². The summed E-state index contributed by atoms with van der Waals surface area (Å²) in [5.41, 5.74) is 2.39. The minimum Gasteiger partial charge on any atom is -0.504 e. The minimum absolute atomic E-state index is 0.114. The molecule has 0 amide bonds. The van der Waals surface area contributed by atoms with Crippen molar-refractivity contribution in [2.24, 2.45) is 5.92 Å². The first kappa shape index (κ1) is 14.6. The van der Waals surface area contributed by atoms with Gasteiger partial charge in [-0.15, -0.1) is 0 Å². The number of carbonyl (C=O) groups is 1. The highest BCUT2D eigenvalue weighted by Crippen LogP contribution is 2.63. The van der Waals surface area contributed by atoms with Gasteiger partial charge in [0.15, 0.2) is 11.5 Å². The molecule has 5 atom stereocenters. The van der Waals surface area contributed by atoms with Crippen LogP contribution < -0.4 is 4.74 Å². The monoisotopic (exact) mass is 329 g/mol. The van der Waals surface area contributed by atoms with Gasteiger partial charge in [0.05, 0.1) is 0 Å². The van der Waals surface area contributed by atoms with Crippen LogP contribution in [0.15, 0.2) is 12.1 Å². The number of piperidine rings is 1. The van der Waals surface area contributed by atoms with E-state index in [1.54, 1.807) is 6.07 Å². The van der Waals surface area contributed by atoms with Crippen LogP contribution in [0.25, 0.3) is 0 Å². The van der Waals surface area contributed by atoms with Crippen molar-refractivity contribution >= 4 is 5.97 Å². The summed E-state index contributed by atoms with van der Waals surface area (Å²) in [6.07, 6.45) is 3.50. The van der Waals surface area contributed by atoms with Crippen molar-refractivity contribution in [3.63, 3.8) is 0 Å². The molecule has 2 aliphatic heterocycles. The molecule has 2 fully saturated rings. The van der Waals surface area contributed by atoms with E-state index in [2.05, 4.69) is 18.0 Å². The molecule has 5 rings (SSSR count). The molecule has 0 unspecified atom stereocenters. The summed E-state index contributed by atoms with van der Waals surface area (Å²) in [5, 5.41) is 10.4. The van der Waals surface area contributed by atoms with Gasteiger partial charge in [-0.3, -0.25) is 4.79 Å². The maximum atomic E-state index is 11.6. The van der Waals surface area contributed by atoms with Crippen molar-refractivity contribution in [2.45, 2.75) is 56.3 Å². The molecule has 5 heteroatoms. The van der Waals surface area contributed by atoms with E-state index in [9.17, 15) is 9.90 Å². The number of phenolic OH excluding ortho intramolecular Hbond substituents is 1. The van der Waals surface area contributed by atoms with Gasteiger partial charge in [-0.25, -0.2) is 0 Å². The predicted octanol–water partition coefficient (Wildman–Crippen LogP) is 1.99.